The number of carboxylic acid groups (broad SMARTS) is 1. The van der Waals surface area contributed by atoms with Gasteiger partial charge in [-0.2, -0.15) is 26.3 Å². The lowest BCUT2D eigenvalue weighted by molar-refractivity contribution is -0.139. The molecule has 0 amide bonds. The summed E-state index contributed by atoms with van der Waals surface area (Å²) in [7, 11) is 0. The molecule has 1 unspecified atom stereocenters. The van der Waals surface area contributed by atoms with Crippen LogP contribution >= 0.6 is 0 Å². The number of carboxylic acids is 1. The normalized spacial score (nSPS) is 13.4. The van der Waals surface area contributed by atoms with Crippen LogP contribution in [0.25, 0.3) is 23.3 Å². The lowest BCUT2D eigenvalue weighted by Crippen LogP contribution is -2.14. The molecular formula is C28H24F6O2. The van der Waals surface area contributed by atoms with Gasteiger partial charge < -0.3 is 5.11 Å². The maximum atomic E-state index is 13.0. The Kier molecular flexibility index (Phi) is 7.96. The maximum absolute atomic E-state index is 13.0. The molecule has 1 N–H and O–H groups in total. The summed E-state index contributed by atoms with van der Waals surface area (Å²) in [6.07, 6.45) is -5.35. The first-order valence-corrected chi connectivity index (χ1v) is 11.1. The molecule has 0 aliphatic rings. The van der Waals surface area contributed by atoms with Gasteiger partial charge >= 0.3 is 18.3 Å². The largest absolute Gasteiger partial charge is 0.481 e. The molecule has 0 aliphatic heterocycles. The van der Waals surface area contributed by atoms with Crippen molar-refractivity contribution in [1.29, 1.82) is 0 Å². The van der Waals surface area contributed by atoms with Crippen molar-refractivity contribution < 1.29 is 36.2 Å². The van der Waals surface area contributed by atoms with E-state index in [9.17, 15) is 36.2 Å². The summed E-state index contributed by atoms with van der Waals surface area (Å²) in [5.41, 5.74) is 0.989. The predicted octanol–water partition coefficient (Wildman–Crippen LogP) is 8.78. The highest BCUT2D eigenvalue weighted by molar-refractivity contribution is 5.80. The van der Waals surface area contributed by atoms with Gasteiger partial charge in [0.05, 0.1) is 17.0 Å². The fraction of sp³-hybridized carbons (Fsp3) is 0.250. The molecule has 0 fully saturated rings. The fourth-order valence-electron chi connectivity index (χ4n) is 3.82. The van der Waals surface area contributed by atoms with E-state index in [4.69, 9.17) is 0 Å². The molecular weight excluding hydrogens is 482 g/mol. The van der Waals surface area contributed by atoms with Gasteiger partial charge in [0.1, 0.15) is 0 Å². The highest BCUT2D eigenvalue weighted by Gasteiger charge is 2.30. The summed E-state index contributed by atoms with van der Waals surface area (Å²) in [6.45, 7) is 3.78. The molecule has 36 heavy (non-hydrogen) atoms. The topological polar surface area (TPSA) is 37.3 Å². The Morgan fingerprint density at radius 1 is 0.750 bits per heavy atom. The Morgan fingerprint density at radius 3 is 1.72 bits per heavy atom. The maximum Gasteiger partial charge on any atom is 0.416 e. The van der Waals surface area contributed by atoms with Gasteiger partial charge in [0.15, 0.2) is 0 Å². The van der Waals surface area contributed by atoms with Crippen LogP contribution in [0.3, 0.4) is 0 Å². The molecule has 0 spiro atoms. The van der Waals surface area contributed by atoms with E-state index in [-0.39, 0.29) is 5.92 Å². The van der Waals surface area contributed by atoms with Gasteiger partial charge in [0, 0.05) is 0 Å². The number of rotatable bonds is 7. The van der Waals surface area contributed by atoms with Crippen LogP contribution in [0.1, 0.15) is 54.0 Å². The first-order chi connectivity index (χ1) is 16.7. The summed E-state index contributed by atoms with van der Waals surface area (Å²) < 4.78 is 77.4. The summed E-state index contributed by atoms with van der Waals surface area (Å²) >= 11 is 0. The quantitative estimate of drug-likeness (QED) is 0.257. The lowest BCUT2D eigenvalue weighted by Gasteiger charge is -2.17. The van der Waals surface area contributed by atoms with Crippen LogP contribution in [-0.2, 0) is 17.1 Å². The SMILES string of the molecule is CC(C)CC(C(=O)O)c1cc(/C=C\c2ccc(C(F)(F)F)cc2)cc(-c2ccc(C(F)(F)F)cc2)c1. The Bertz CT molecular complexity index is 1220. The number of aliphatic carboxylic acids is 1. The molecule has 0 bridgehead atoms. The molecule has 190 valence electrons. The smallest absolute Gasteiger partial charge is 0.416 e. The standard InChI is InChI=1S/C28H24F6O2/c1-17(2)13-25(26(35)36)22-15-19(4-3-18-5-9-23(10-6-18)27(29,30)31)14-21(16-22)20-7-11-24(12-8-20)28(32,33)34/h3-12,14-17,25H,13H2,1-2H3,(H,35,36)/b4-3-. The van der Waals surface area contributed by atoms with E-state index in [1.54, 1.807) is 30.4 Å². The Hall–Kier alpha value is -3.55. The first-order valence-electron chi connectivity index (χ1n) is 11.1. The van der Waals surface area contributed by atoms with Crippen molar-refractivity contribution >= 4 is 18.1 Å². The van der Waals surface area contributed by atoms with E-state index in [1.165, 1.54) is 24.3 Å². The van der Waals surface area contributed by atoms with E-state index in [0.717, 1.165) is 24.3 Å². The summed E-state index contributed by atoms with van der Waals surface area (Å²) in [5, 5.41) is 9.82. The van der Waals surface area contributed by atoms with Crippen LogP contribution in [-0.4, -0.2) is 11.1 Å². The van der Waals surface area contributed by atoms with Gasteiger partial charge in [-0.3, -0.25) is 4.79 Å². The van der Waals surface area contributed by atoms with E-state index >= 15 is 0 Å². The molecule has 0 heterocycles. The molecule has 3 aromatic rings. The van der Waals surface area contributed by atoms with Crippen molar-refractivity contribution in [3.63, 3.8) is 0 Å². The third kappa shape index (κ3) is 6.99. The third-order valence-corrected chi connectivity index (χ3v) is 5.64. The number of halogens is 6. The van der Waals surface area contributed by atoms with Crippen molar-refractivity contribution in [3.8, 4) is 11.1 Å². The second-order valence-electron chi connectivity index (χ2n) is 8.94. The van der Waals surface area contributed by atoms with Gasteiger partial charge in [-0.15, -0.1) is 0 Å². The fourth-order valence-corrected chi connectivity index (χ4v) is 3.82. The monoisotopic (exact) mass is 506 g/mol. The van der Waals surface area contributed by atoms with E-state index in [1.807, 2.05) is 13.8 Å². The Labute approximate surface area is 204 Å². The number of hydrogen-bond acceptors (Lipinski definition) is 1. The molecule has 2 nitrogen and oxygen atoms in total. The van der Waals surface area contributed by atoms with Crippen LogP contribution in [0.2, 0.25) is 0 Å². The van der Waals surface area contributed by atoms with Gasteiger partial charge in [-0.05, 0) is 70.5 Å². The highest BCUT2D eigenvalue weighted by Crippen LogP contribution is 2.34. The minimum absolute atomic E-state index is 0.0759. The average Bonchev–Trinajstić information content (AvgIpc) is 2.80. The second-order valence-corrected chi connectivity index (χ2v) is 8.94. The molecule has 0 aliphatic carbocycles. The number of hydrogen-bond donors (Lipinski definition) is 1. The first kappa shape index (κ1) is 27.0. The molecule has 3 rings (SSSR count). The van der Waals surface area contributed by atoms with Crippen LogP contribution in [0.5, 0.6) is 0 Å². The highest BCUT2D eigenvalue weighted by atomic mass is 19.4. The van der Waals surface area contributed by atoms with E-state index in [2.05, 4.69) is 0 Å². The van der Waals surface area contributed by atoms with Gasteiger partial charge in [-0.25, -0.2) is 0 Å². The Balaban J connectivity index is 2.04. The molecule has 8 heteroatoms. The zero-order chi connectivity index (χ0) is 26.7. The van der Waals surface area contributed by atoms with Crippen LogP contribution < -0.4 is 0 Å². The minimum atomic E-state index is -4.48. The van der Waals surface area contributed by atoms with Crippen LogP contribution in [0.15, 0.2) is 66.7 Å². The van der Waals surface area contributed by atoms with Crippen molar-refractivity contribution in [2.24, 2.45) is 5.92 Å². The molecule has 0 aromatic heterocycles. The summed E-state index contributed by atoms with van der Waals surface area (Å²) in [4.78, 5) is 12.0. The zero-order valence-corrected chi connectivity index (χ0v) is 19.5. The van der Waals surface area contributed by atoms with Crippen molar-refractivity contribution in [1.82, 2.24) is 0 Å². The van der Waals surface area contributed by atoms with Crippen molar-refractivity contribution in [2.75, 3.05) is 0 Å². The van der Waals surface area contributed by atoms with Gasteiger partial charge in [0.2, 0.25) is 0 Å². The number of benzene rings is 3. The molecule has 0 saturated heterocycles. The third-order valence-electron chi connectivity index (χ3n) is 5.64. The predicted molar refractivity (Wildman–Crippen MR) is 127 cm³/mol. The average molecular weight is 506 g/mol. The van der Waals surface area contributed by atoms with Crippen molar-refractivity contribution in [3.05, 3.63) is 94.5 Å². The molecule has 3 aromatic carbocycles. The van der Waals surface area contributed by atoms with E-state index < -0.39 is 35.4 Å². The van der Waals surface area contributed by atoms with Gasteiger partial charge in [0.25, 0.3) is 0 Å². The minimum Gasteiger partial charge on any atom is -0.481 e. The zero-order valence-electron chi connectivity index (χ0n) is 19.5. The molecule has 0 radical (unpaired) electrons. The number of carbonyl (C=O) groups is 1. The van der Waals surface area contributed by atoms with Crippen LogP contribution in [0.4, 0.5) is 26.3 Å². The van der Waals surface area contributed by atoms with E-state index in [0.29, 0.717) is 34.2 Å². The lowest BCUT2D eigenvalue weighted by atomic mass is 9.87. The summed E-state index contributed by atoms with van der Waals surface area (Å²) in [6, 6.07) is 14.2. The van der Waals surface area contributed by atoms with Crippen LogP contribution in [0, 0.1) is 5.92 Å². The summed E-state index contributed by atoms with van der Waals surface area (Å²) in [5.74, 6) is -1.78. The van der Waals surface area contributed by atoms with Gasteiger partial charge in [-0.1, -0.05) is 62.4 Å². The van der Waals surface area contributed by atoms with Crippen molar-refractivity contribution in [2.45, 2.75) is 38.5 Å². The molecule has 1 atom stereocenters. The number of alkyl halides is 6. The second kappa shape index (κ2) is 10.6. The molecule has 0 saturated carbocycles. The Morgan fingerprint density at radius 2 is 1.25 bits per heavy atom.